The molecular weight excluding hydrogens is 246 g/mol. The molecule has 0 atom stereocenters. The Balaban J connectivity index is 1.90. The van der Waals surface area contributed by atoms with Crippen molar-refractivity contribution in [2.24, 2.45) is 0 Å². The topological polar surface area (TPSA) is 48.0 Å². The second-order valence-electron chi connectivity index (χ2n) is 4.54. The lowest BCUT2D eigenvalue weighted by atomic mass is 10.2. The highest BCUT2D eigenvalue weighted by molar-refractivity contribution is 5.69. The van der Waals surface area contributed by atoms with Gasteiger partial charge in [-0.1, -0.05) is 6.07 Å². The Hall–Kier alpha value is -1.75. The van der Waals surface area contributed by atoms with Gasteiger partial charge in [-0.05, 0) is 24.7 Å². The van der Waals surface area contributed by atoms with Crippen LogP contribution in [0.2, 0.25) is 0 Å². The number of rotatable bonds is 5. The van der Waals surface area contributed by atoms with Crippen LogP contribution < -0.4 is 9.47 Å². The molecule has 0 fully saturated rings. The third-order valence-corrected chi connectivity index (χ3v) is 2.98. The number of ether oxygens (including phenoxy) is 3. The summed E-state index contributed by atoms with van der Waals surface area (Å²) in [6.07, 6.45) is 0.400. The molecule has 0 amide bonds. The van der Waals surface area contributed by atoms with E-state index < -0.39 is 0 Å². The fourth-order valence-corrected chi connectivity index (χ4v) is 1.96. The van der Waals surface area contributed by atoms with Gasteiger partial charge in [-0.25, -0.2) is 0 Å². The number of carbonyl (C=O) groups excluding carboxylic acids is 1. The second-order valence-corrected chi connectivity index (χ2v) is 4.54. The first-order chi connectivity index (χ1) is 9.19. The van der Waals surface area contributed by atoms with E-state index in [0.717, 1.165) is 23.6 Å². The van der Waals surface area contributed by atoms with Crippen molar-refractivity contribution in [1.82, 2.24) is 4.90 Å². The fourth-order valence-electron chi connectivity index (χ4n) is 1.96. The highest BCUT2D eigenvalue weighted by atomic mass is 16.6. The Kier molecular flexibility index (Phi) is 4.63. The number of methoxy groups -OCH3 is 1. The standard InChI is InChI=1S/C14H19NO4/c1-15(6-5-14(16)17-2)10-11-3-4-12-13(9-11)19-8-7-18-12/h3-4,9H,5-8,10H2,1-2H3. The molecule has 1 heterocycles. The number of hydrogen-bond donors (Lipinski definition) is 0. The fraction of sp³-hybridized carbons (Fsp3) is 0.500. The zero-order valence-corrected chi connectivity index (χ0v) is 11.3. The molecule has 1 aliphatic heterocycles. The van der Waals surface area contributed by atoms with Gasteiger partial charge in [-0.3, -0.25) is 4.79 Å². The van der Waals surface area contributed by atoms with Crippen molar-refractivity contribution in [2.45, 2.75) is 13.0 Å². The Morgan fingerprint density at radius 2 is 2.05 bits per heavy atom. The maximum atomic E-state index is 11.1. The first kappa shape index (κ1) is 13.7. The molecule has 0 saturated heterocycles. The summed E-state index contributed by atoms with van der Waals surface area (Å²) in [6, 6.07) is 5.93. The van der Waals surface area contributed by atoms with E-state index in [4.69, 9.17) is 9.47 Å². The number of benzene rings is 1. The van der Waals surface area contributed by atoms with E-state index in [1.165, 1.54) is 7.11 Å². The summed E-state index contributed by atoms with van der Waals surface area (Å²) >= 11 is 0. The Labute approximate surface area is 113 Å². The van der Waals surface area contributed by atoms with Crippen LogP contribution >= 0.6 is 0 Å². The van der Waals surface area contributed by atoms with Gasteiger partial charge in [0.15, 0.2) is 11.5 Å². The summed E-state index contributed by atoms with van der Waals surface area (Å²) in [5.41, 5.74) is 1.14. The Morgan fingerprint density at radius 3 is 2.79 bits per heavy atom. The summed E-state index contributed by atoms with van der Waals surface area (Å²) in [5, 5.41) is 0. The average molecular weight is 265 g/mol. The molecular formula is C14H19NO4. The van der Waals surface area contributed by atoms with Crippen LogP contribution in [0.4, 0.5) is 0 Å². The summed E-state index contributed by atoms with van der Waals surface area (Å²) in [7, 11) is 3.38. The normalized spacial score (nSPS) is 13.4. The molecule has 0 aromatic heterocycles. The van der Waals surface area contributed by atoms with Gasteiger partial charge in [0, 0.05) is 13.1 Å². The zero-order chi connectivity index (χ0) is 13.7. The van der Waals surface area contributed by atoms with Crippen molar-refractivity contribution in [3.63, 3.8) is 0 Å². The van der Waals surface area contributed by atoms with E-state index in [-0.39, 0.29) is 5.97 Å². The van der Waals surface area contributed by atoms with Gasteiger partial charge < -0.3 is 19.1 Å². The Morgan fingerprint density at radius 1 is 1.32 bits per heavy atom. The van der Waals surface area contributed by atoms with Gasteiger partial charge in [0.25, 0.3) is 0 Å². The zero-order valence-electron chi connectivity index (χ0n) is 11.3. The largest absolute Gasteiger partial charge is 0.486 e. The van der Waals surface area contributed by atoms with Gasteiger partial charge in [-0.15, -0.1) is 0 Å². The molecule has 5 heteroatoms. The number of esters is 1. The predicted octanol–water partition coefficient (Wildman–Crippen LogP) is 1.45. The van der Waals surface area contributed by atoms with Crippen molar-refractivity contribution < 1.29 is 19.0 Å². The van der Waals surface area contributed by atoms with Crippen molar-refractivity contribution in [3.8, 4) is 11.5 Å². The van der Waals surface area contributed by atoms with E-state index in [0.29, 0.717) is 26.2 Å². The van der Waals surface area contributed by atoms with Crippen LogP contribution in [-0.4, -0.2) is 44.8 Å². The van der Waals surface area contributed by atoms with Crippen LogP contribution in [-0.2, 0) is 16.1 Å². The molecule has 1 aliphatic rings. The van der Waals surface area contributed by atoms with Crippen molar-refractivity contribution in [2.75, 3.05) is 33.9 Å². The van der Waals surface area contributed by atoms with Gasteiger partial charge >= 0.3 is 5.97 Å². The quantitative estimate of drug-likeness (QED) is 0.754. The van der Waals surface area contributed by atoms with E-state index >= 15 is 0 Å². The van der Waals surface area contributed by atoms with Crippen LogP contribution in [0.5, 0.6) is 11.5 Å². The molecule has 19 heavy (non-hydrogen) atoms. The van der Waals surface area contributed by atoms with E-state index in [9.17, 15) is 4.79 Å². The van der Waals surface area contributed by atoms with Crippen LogP contribution in [0.1, 0.15) is 12.0 Å². The van der Waals surface area contributed by atoms with Crippen molar-refractivity contribution >= 4 is 5.97 Å². The van der Waals surface area contributed by atoms with Crippen LogP contribution in [0.15, 0.2) is 18.2 Å². The lowest BCUT2D eigenvalue weighted by Gasteiger charge is -2.20. The summed E-state index contributed by atoms with van der Waals surface area (Å²) in [6.45, 7) is 2.62. The molecule has 1 aromatic rings. The maximum Gasteiger partial charge on any atom is 0.306 e. The monoisotopic (exact) mass is 265 g/mol. The molecule has 0 N–H and O–H groups in total. The van der Waals surface area contributed by atoms with Crippen LogP contribution in [0.3, 0.4) is 0 Å². The third-order valence-electron chi connectivity index (χ3n) is 2.98. The van der Waals surface area contributed by atoms with Gasteiger partial charge in [0.2, 0.25) is 0 Å². The van der Waals surface area contributed by atoms with Crippen LogP contribution in [0.25, 0.3) is 0 Å². The first-order valence-electron chi connectivity index (χ1n) is 6.33. The summed E-state index contributed by atoms with van der Waals surface area (Å²) in [5.74, 6) is 1.41. The molecule has 0 aliphatic carbocycles. The van der Waals surface area contributed by atoms with Gasteiger partial charge in [0.1, 0.15) is 13.2 Å². The molecule has 0 saturated carbocycles. The second kappa shape index (κ2) is 6.43. The van der Waals surface area contributed by atoms with Crippen molar-refractivity contribution in [3.05, 3.63) is 23.8 Å². The lowest BCUT2D eigenvalue weighted by molar-refractivity contribution is -0.140. The minimum absolute atomic E-state index is 0.186. The predicted molar refractivity (Wildman–Crippen MR) is 70.4 cm³/mol. The molecule has 0 spiro atoms. The smallest absolute Gasteiger partial charge is 0.306 e. The summed E-state index contributed by atoms with van der Waals surface area (Å²) < 4.78 is 15.6. The number of carbonyl (C=O) groups is 1. The lowest BCUT2D eigenvalue weighted by Crippen LogP contribution is -2.22. The highest BCUT2D eigenvalue weighted by Crippen LogP contribution is 2.30. The molecule has 0 radical (unpaired) electrons. The Bertz CT molecular complexity index is 447. The van der Waals surface area contributed by atoms with E-state index in [1.807, 2.05) is 25.2 Å². The third kappa shape index (κ3) is 3.86. The first-order valence-corrected chi connectivity index (χ1v) is 6.33. The van der Waals surface area contributed by atoms with E-state index in [2.05, 4.69) is 9.64 Å². The van der Waals surface area contributed by atoms with Gasteiger partial charge in [0.05, 0.1) is 13.5 Å². The van der Waals surface area contributed by atoms with Crippen LogP contribution in [0, 0.1) is 0 Å². The van der Waals surface area contributed by atoms with Gasteiger partial charge in [-0.2, -0.15) is 0 Å². The number of fused-ring (bicyclic) bond motifs is 1. The number of nitrogens with zero attached hydrogens (tertiary/aromatic N) is 1. The molecule has 1 aromatic carbocycles. The highest BCUT2D eigenvalue weighted by Gasteiger charge is 2.12. The minimum Gasteiger partial charge on any atom is -0.486 e. The average Bonchev–Trinajstić information content (AvgIpc) is 2.44. The van der Waals surface area contributed by atoms with E-state index in [1.54, 1.807) is 0 Å². The molecule has 104 valence electrons. The molecule has 5 nitrogen and oxygen atoms in total. The SMILES string of the molecule is COC(=O)CCN(C)Cc1ccc2c(c1)OCCO2. The molecule has 0 bridgehead atoms. The molecule has 2 rings (SSSR count). The molecule has 0 unspecified atom stereocenters. The van der Waals surface area contributed by atoms with Crippen molar-refractivity contribution in [1.29, 1.82) is 0 Å². The summed E-state index contributed by atoms with van der Waals surface area (Å²) in [4.78, 5) is 13.1. The minimum atomic E-state index is -0.186. The maximum absolute atomic E-state index is 11.1. The number of hydrogen-bond acceptors (Lipinski definition) is 5.